The van der Waals surface area contributed by atoms with Gasteiger partial charge in [0, 0.05) is 18.3 Å². The SMILES string of the molecule is C=CCNC=C(C)C(=O)O. The molecule has 0 saturated carbocycles. The van der Waals surface area contributed by atoms with Crippen LogP contribution in [0.2, 0.25) is 0 Å². The lowest BCUT2D eigenvalue weighted by Gasteiger charge is -1.94. The number of rotatable bonds is 4. The molecule has 0 rings (SSSR count). The van der Waals surface area contributed by atoms with Gasteiger partial charge in [0.2, 0.25) is 0 Å². The maximum absolute atomic E-state index is 10.2. The molecule has 0 aromatic carbocycles. The van der Waals surface area contributed by atoms with E-state index in [0.717, 1.165) is 0 Å². The van der Waals surface area contributed by atoms with E-state index in [1.54, 1.807) is 6.08 Å². The van der Waals surface area contributed by atoms with E-state index in [0.29, 0.717) is 12.1 Å². The van der Waals surface area contributed by atoms with Crippen molar-refractivity contribution in [1.82, 2.24) is 5.32 Å². The Balaban J connectivity index is 3.68. The zero-order valence-corrected chi connectivity index (χ0v) is 5.92. The second-order valence-electron chi connectivity index (χ2n) is 1.83. The van der Waals surface area contributed by atoms with Crippen LogP contribution in [0.3, 0.4) is 0 Å². The first-order valence-corrected chi connectivity index (χ1v) is 2.93. The van der Waals surface area contributed by atoms with Gasteiger partial charge >= 0.3 is 5.97 Å². The molecule has 0 fully saturated rings. The lowest BCUT2D eigenvalue weighted by molar-refractivity contribution is -0.132. The lowest BCUT2D eigenvalue weighted by Crippen LogP contribution is -2.07. The molecule has 3 nitrogen and oxygen atoms in total. The summed E-state index contributed by atoms with van der Waals surface area (Å²) in [5.74, 6) is -0.906. The molecule has 0 aromatic rings. The molecule has 0 amide bonds. The van der Waals surface area contributed by atoms with Crippen molar-refractivity contribution in [2.45, 2.75) is 6.92 Å². The van der Waals surface area contributed by atoms with Crippen LogP contribution in [0.25, 0.3) is 0 Å². The predicted molar refractivity (Wildman–Crippen MR) is 39.6 cm³/mol. The van der Waals surface area contributed by atoms with E-state index >= 15 is 0 Å². The van der Waals surface area contributed by atoms with Crippen LogP contribution in [0, 0.1) is 0 Å². The zero-order valence-electron chi connectivity index (χ0n) is 5.92. The highest BCUT2D eigenvalue weighted by Gasteiger charge is 1.96. The van der Waals surface area contributed by atoms with Gasteiger partial charge in [-0.3, -0.25) is 0 Å². The molecule has 0 bridgehead atoms. The van der Waals surface area contributed by atoms with Crippen LogP contribution in [-0.4, -0.2) is 17.6 Å². The van der Waals surface area contributed by atoms with Gasteiger partial charge in [-0.2, -0.15) is 0 Å². The summed E-state index contributed by atoms with van der Waals surface area (Å²) in [6.45, 7) is 5.58. The van der Waals surface area contributed by atoms with Gasteiger partial charge in [0.15, 0.2) is 0 Å². The van der Waals surface area contributed by atoms with Crippen LogP contribution in [0.5, 0.6) is 0 Å². The number of carbonyl (C=O) groups is 1. The summed E-state index contributed by atoms with van der Waals surface area (Å²) in [7, 11) is 0. The second-order valence-corrected chi connectivity index (χ2v) is 1.83. The molecule has 0 unspecified atom stereocenters. The number of nitrogens with one attached hydrogen (secondary N) is 1. The first kappa shape index (κ1) is 8.75. The lowest BCUT2D eigenvalue weighted by atomic mass is 10.3. The third-order valence-electron chi connectivity index (χ3n) is 0.918. The Morgan fingerprint density at radius 3 is 2.80 bits per heavy atom. The number of carboxylic acid groups (broad SMARTS) is 1. The fourth-order valence-corrected chi connectivity index (χ4v) is 0.357. The molecule has 0 heterocycles. The molecule has 0 aliphatic rings. The third-order valence-corrected chi connectivity index (χ3v) is 0.918. The van der Waals surface area contributed by atoms with E-state index in [2.05, 4.69) is 11.9 Å². The zero-order chi connectivity index (χ0) is 7.98. The highest BCUT2D eigenvalue weighted by molar-refractivity contribution is 5.85. The van der Waals surface area contributed by atoms with Crippen molar-refractivity contribution in [3.8, 4) is 0 Å². The summed E-state index contributed by atoms with van der Waals surface area (Å²) in [5.41, 5.74) is 0.293. The maximum atomic E-state index is 10.2. The Bertz CT molecular complexity index is 161. The standard InChI is InChI=1S/C7H11NO2/c1-3-4-8-5-6(2)7(9)10/h3,5,8H,1,4H2,2H3,(H,9,10). The van der Waals surface area contributed by atoms with Crippen molar-refractivity contribution in [2.24, 2.45) is 0 Å². The molecule has 0 aromatic heterocycles. The maximum Gasteiger partial charge on any atom is 0.332 e. The van der Waals surface area contributed by atoms with E-state index in [1.807, 2.05) is 0 Å². The molecule has 0 atom stereocenters. The molecule has 0 aliphatic carbocycles. The van der Waals surface area contributed by atoms with Gasteiger partial charge in [-0.15, -0.1) is 6.58 Å². The van der Waals surface area contributed by atoms with Crippen molar-refractivity contribution >= 4 is 5.97 Å². The van der Waals surface area contributed by atoms with Crippen LogP contribution in [-0.2, 0) is 4.79 Å². The Kier molecular flexibility index (Phi) is 4.04. The molecular weight excluding hydrogens is 130 g/mol. The van der Waals surface area contributed by atoms with Crippen LogP contribution >= 0.6 is 0 Å². The quantitative estimate of drug-likeness (QED) is 0.345. The van der Waals surface area contributed by atoms with Crippen LogP contribution in [0.1, 0.15) is 6.92 Å². The molecular formula is C7H11NO2. The topological polar surface area (TPSA) is 49.3 Å². The van der Waals surface area contributed by atoms with Gasteiger partial charge in [0.1, 0.15) is 0 Å². The Morgan fingerprint density at radius 1 is 1.80 bits per heavy atom. The summed E-state index contributed by atoms with van der Waals surface area (Å²) in [5, 5.41) is 11.1. The minimum Gasteiger partial charge on any atom is -0.478 e. The first-order chi connectivity index (χ1) is 4.68. The fraction of sp³-hybridized carbons (Fsp3) is 0.286. The molecule has 0 spiro atoms. The monoisotopic (exact) mass is 141 g/mol. The minimum absolute atomic E-state index is 0.293. The Hall–Kier alpha value is -1.25. The van der Waals surface area contributed by atoms with Crippen LogP contribution in [0.15, 0.2) is 24.4 Å². The van der Waals surface area contributed by atoms with Crippen molar-refractivity contribution in [3.05, 3.63) is 24.4 Å². The van der Waals surface area contributed by atoms with E-state index in [9.17, 15) is 4.79 Å². The van der Waals surface area contributed by atoms with Gasteiger partial charge in [0.25, 0.3) is 0 Å². The van der Waals surface area contributed by atoms with Crippen molar-refractivity contribution in [3.63, 3.8) is 0 Å². The van der Waals surface area contributed by atoms with Gasteiger partial charge in [-0.25, -0.2) is 4.79 Å². The van der Waals surface area contributed by atoms with Crippen LogP contribution in [0.4, 0.5) is 0 Å². The highest BCUT2D eigenvalue weighted by Crippen LogP contribution is 1.87. The normalized spacial score (nSPS) is 10.7. The van der Waals surface area contributed by atoms with Crippen LogP contribution < -0.4 is 5.32 Å². The van der Waals surface area contributed by atoms with E-state index < -0.39 is 5.97 Å². The van der Waals surface area contributed by atoms with E-state index in [4.69, 9.17) is 5.11 Å². The molecule has 0 aliphatic heterocycles. The predicted octanol–water partition coefficient (Wildman–Crippen LogP) is 0.750. The van der Waals surface area contributed by atoms with Gasteiger partial charge in [-0.05, 0) is 6.92 Å². The first-order valence-electron chi connectivity index (χ1n) is 2.93. The summed E-state index contributed by atoms with van der Waals surface area (Å²) < 4.78 is 0. The van der Waals surface area contributed by atoms with Crippen molar-refractivity contribution in [1.29, 1.82) is 0 Å². The Morgan fingerprint density at radius 2 is 2.40 bits per heavy atom. The summed E-state index contributed by atoms with van der Waals surface area (Å²) in [6, 6.07) is 0. The number of hydrogen-bond acceptors (Lipinski definition) is 2. The molecule has 3 heteroatoms. The average Bonchev–Trinajstić information content (AvgIpc) is 1.88. The Labute approximate surface area is 60.1 Å². The molecule has 56 valence electrons. The molecule has 2 N–H and O–H groups in total. The van der Waals surface area contributed by atoms with E-state index in [-0.39, 0.29) is 0 Å². The average molecular weight is 141 g/mol. The highest BCUT2D eigenvalue weighted by atomic mass is 16.4. The van der Waals surface area contributed by atoms with Gasteiger partial charge < -0.3 is 10.4 Å². The van der Waals surface area contributed by atoms with Crippen molar-refractivity contribution in [2.75, 3.05) is 6.54 Å². The third kappa shape index (κ3) is 3.72. The minimum atomic E-state index is -0.906. The molecule has 10 heavy (non-hydrogen) atoms. The number of hydrogen-bond donors (Lipinski definition) is 2. The van der Waals surface area contributed by atoms with Gasteiger partial charge in [0.05, 0.1) is 0 Å². The molecule has 0 saturated heterocycles. The molecule has 0 radical (unpaired) electrons. The summed E-state index contributed by atoms with van der Waals surface area (Å²) >= 11 is 0. The fourth-order valence-electron chi connectivity index (χ4n) is 0.357. The van der Waals surface area contributed by atoms with Crippen molar-refractivity contribution < 1.29 is 9.90 Å². The number of aliphatic carboxylic acids is 1. The largest absolute Gasteiger partial charge is 0.478 e. The smallest absolute Gasteiger partial charge is 0.332 e. The number of carboxylic acids is 1. The van der Waals surface area contributed by atoms with Gasteiger partial charge in [-0.1, -0.05) is 6.08 Å². The second kappa shape index (κ2) is 4.61. The van der Waals surface area contributed by atoms with E-state index in [1.165, 1.54) is 13.1 Å². The summed E-state index contributed by atoms with van der Waals surface area (Å²) in [4.78, 5) is 10.2. The summed E-state index contributed by atoms with van der Waals surface area (Å²) in [6.07, 6.45) is 3.11.